The molecule has 130 valence electrons. The van der Waals surface area contributed by atoms with Gasteiger partial charge >= 0.3 is 0 Å². The highest BCUT2D eigenvalue weighted by atomic mass is 32.1. The molecule has 7 heteroatoms. The molecule has 25 heavy (non-hydrogen) atoms. The highest BCUT2D eigenvalue weighted by Gasteiger charge is 2.02. The Morgan fingerprint density at radius 2 is 2.00 bits per heavy atom. The summed E-state index contributed by atoms with van der Waals surface area (Å²) < 4.78 is 3.83. The minimum absolute atomic E-state index is 0.607. The Morgan fingerprint density at radius 1 is 1.16 bits per heavy atom. The lowest BCUT2D eigenvalue weighted by Crippen LogP contribution is -2.29. The van der Waals surface area contributed by atoms with Gasteiger partial charge in [0.2, 0.25) is 0 Å². The highest BCUT2D eigenvalue weighted by molar-refractivity contribution is 7.80. The Balaban J connectivity index is 1.39. The van der Waals surface area contributed by atoms with Gasteiger partial charge in [0.1, 0.15) is 0 Å². The van der Waals surface area contributed by atoms with Crippen LogP contribution >= 0.6 is 12.2 Å². The molecule has 0 atom stereocenters. The van der Waals surface area contributed by atoms with Crippen LogP contribution in [0, 0.1) is 6.92 Å². The van der Waals surface area contributed by atoms with Gasteiger partial charge in [-0.25, -0.2) is 0 Å². The van der Waals surface area contributed by atoms with Crippen molar-refractivity contribution in [2.75, 3.05) is 11.9 Å². The molecule has 0 bridgehead atoms. The zero-order valence-electron chi connectivity index (χ0n) is 14.2. The van der Waals surface area contributed by atoms with Crippen molar-refractivity contribution in [3.63, 3.8) is 0 Å². The van der Waals surface area contributed by atoms with E-state index in [0.717, 1.165) is 37.4 Å². The Labute approximate surface area is 152 Å². The number of hydrogen-bond acceptors (Lipinski definition) is 3. The van der Waals surface area contributed by atoms with Gasteiger partial charge in [-0.15, -0.1) is 0 Å². The summed E-state index contributed by atoms with van der Waals surface area (Å²) in [6.07, 6.45) is 6.68. The van der Waals surface area contributed by atoms with Gasteiger partial charge in [0.25, 0.3) is 0 Å². The molecular formula is C18H22N6S. The fourth-order valence-corrected chi connectivity index (χ4v) is 2.71. The Bertz CT molecular complexity index is 808. The molecule has 6 nitrogen and oxygen atoms in total. The number of anilines is 1. The molecule has 0 saturated heterocycles. The molecule has 2 N–H and O–H groups in total. The maximum absolute atomic E-state index is 5.33. The van der Waals surface area contributed by atoms with E-state index in [4.69, 9.17) is 12.2 Å². The van der Waals surface area contributed by atoms with Gasteiger partial charge in [-0.2, -0.15) is 10.2 Å². The first-order valence-electron chi connectivity index (χ1n) is 8.30. The summed E-state index contributed by atoms with van der Waals surface area (Å²) >= 11 is 5.33. The summed E-state index contributed by atoms with van der Waals surface area (Å²) in [5.41, 5.74) is 3.14. The van der Waals surface area contributed by atoms with Crippen molar-refractivity contribution in [2.24, 2.45) is 0 Å². The third-order valence-corrected chi connectivity index (χ3v) is 3.95. The van der Waals surface area contributed by atoms with Crippen molar-refractivity contribution in [1.29, 1.82) is 0 Å². The molecule has 1 aromatic carbocycles. The Morgan fingerprint density at radius 3 is 2.76 bits per heavy atom. The minimum atomic E-state index is 0.607. The van der Waals surface area contributed by atoms with E-state index in [1.807, 2.05) is 52.9 Å². The van der Waals surface area contributed by atoms with Crippen LogP contribution in [0.25, 0.3) is 0 Å². The third kappa shape index (κ3) is 5.42. The molecule has 0 amide bonds. The second kappa shape index (κ2) is 8.43. The lowest BCUT2D eigenvalue weighted by molar-refractivity contribution is 0.570. The maximum Gasteiger partial charge on any atom is 0.170 e. The molecule has 0 radical (unpaired) electrons. The number of thiocarbonyl (C=S) groups is 1. The average Bonchev–Trinajstić information content (AvgIpc) is 3.21. The molecular weight excluding hydrogens is 332 g/mol. The van der Waals surface area contributed by atoms with Crippen molar-refractivity contribution in [2.45, 2.75) is 26.4 Å². The molecule has 0 unspecified atom stereocenters. The van der Waals surface area contributed by atoms with Gasteiger partial charge in [-0.1, -0.05) is 30.3 Å². The molecule has 0 saturated carbocycles. The molecule has 0 spiro atoms. The number of benzene rings is 1. The summed E-state index contributed by atoms with van der Waals surface area (Å²) in [6.45, 7) is 4.40. The monoisotopic (exact) mass is 354 g/mol. The number of aryl methyl sites for hydroxylation is 2. The zero-order valence-corrected chi connectivity index (χ0v) is 15.0. The van der Waals surface area contributed by atoms with Crippen LogP contribution in [0.3, 0.4) is 0 Å². The number of nitrogens with zero attached hydrogens (tertiary/aromatic N) is 4. The lowest BCUT2D eigenvalue weighted by Gasteiger charge is -2.09. The van der Waals surface area contributed by atoms with E-state index in [-0.39, 0.29) is 0 Å². The summed E-state index contributed by atoms with van der Waals surface area (Å²) in [6, 6.07) is 12.2. The molecule has 2 heterocycles. The van der Waals surface area contributed by atoms with E-state index in [1.165, 1.54) is 5.56 Å². The first-order chi connectivity index (χ1) is 12.2. The SMILES string of the molecule is Cc1ccn(CCCNC(=S)Nc2cnn(Cc3ccccc3)c2)n1. The van der Waals surface area contributed by atoms with Crippen LogP contribution in [0.15, 0.2) is 55.0 Å². The van der Waals surface area contributed by atoms with Gasteiger partial charge in [-0.3, -0.25) is 9.36 Å². The number of hydrogen-bond donors (Lipinski definition) is 2. The number of rotatable bonds is 7. The first kappa shape index (κ1) is 17.2. The van der Waals surface area contributed by atoms with E-state index in [2.05, 4.69) is 33.0 Å². The fraction of sp³-hybridized carbons (Fsp3) is 0.278. The van der Waals surface area contributed by atoms with Crippen LogP contribution < -0.4 is 10.6 Å². The van der Waals surface area contributed by atoms with Crippen LogP contribution in [0.5, 0.6) is 0 Å². The van der Waals surface area contributed by atoms with Gasteiger partial charge < -0.3 is 10.6 Å². The van der Waals surface area contributed by atoms with Gasteiger partial charge in [0.05, 0.1) is 24.1 Å². The predicted octanol–water partition coefficient (Wildman–Crippen LogP) is 2.81. The molecule has 0 aliphatic heterocycles. The molecule has 3 aromatic rings. The molecule has 0 aliphatic rings. The van der Waals surface area contributed by atoms with Crippen molar-refractivity contribution >= 4 is 23.0 Å². The Hall–Kier alpha value is -2.67. The fourth-order valence-electron chi connectivity index (χ4n) is 2.49. The summed E-state index contributed by atoms with van der Waals surface area (Å²) in [4.78, 5) is 0. The van der Waals surface area contributed by atoms with E-state index < -0.39 is 0 Å². The molecule has 2 aromatic heterocycles. The van der Waals surface area contributed by atoms with Crippen LogP contribution in [0.2, 0.25) is 0 Å². The van der Waals surface area contributed by atoms with Crippen molar-refractivity contribution < 1.29 is 0 Å². The van der Waals surface area contributed by atoms with E-state index in [1.54, 1.807) is 6.20 Å². The summed E-state index contributed by atoms with van der Waals surface area (Å²) in [5.74, 6) is 0. The smallest absolute Gasteiger partial charge is 0.170 e. The van der Waals surface area contributed by atoms with E-state index in [9.17, 15) is 0 Å². The minimum Gasteiger partial charge on any atom is -0.362 e. The van der Waals surface area contributed by atoms with Crippen LogP contribution in [-0.2, 0) is 13.1 Å². The number of nitrogens with one attached hydrogen (secondary N) is 2. The zero-order chi connectivity index (χ0) is 17.5. The highest BCUT2D eigenvalue weighted by Crippen LogP contribution is 2.07. The maximum atomic E-state index is 5.33. The van der Waals surface area contributed by atoms with Crippen molar-refractivity contribution in [1.82, 2.24) is 24.9 Å². The van der Waals surface area contributed by atoms with Crippen LogP contribution in [0.4, 0.5) is 5.69 Å². The third-order valence-electron chi connectivity index (χ3n) is 3.70. The second-order valence-corrected chi connectivity index (χ2v) is 6.28. The average molecular weight is 354 g/mol. The summed E-state index contributed by atoms with van der Waals surface area (Å²) in [5, 5.41) is 15.7. The largest absolute Gasteiger partial charge is 0.362 e. The first-order valence-corrected chi connectivity index (χ1v) is 8.71. The van der Waals surface area contributed by atoms with Gasteiger partial charge in [-0.05, 0) is 37.2 Å². The van der Waals surface area contributed by atoms with Gasteiger partial charge in [0.15, 0.2) is 5.11 Å². The van der Waals surface area contributed by atoms with E-state index >= 15 is 0 Å². The molecule has 0 fully saturated rings. The lowest BCUT2D eigenvalue weighted by atomic mass is 10.2. The predicted molar refractivity (Wildman–Crippen MR) is 104 cm³/mol. The second-order valence-electron chi connectivity index (χ2n) is 5.87. The molecule has 3 rings (SSSR count). The normalized spacial score (nSPS) is 10.6. The molecule has 0 aliphatic carbocycles. The van der Waals surface area contributed by atoms with Crippen molar-refractivity contribution in [3.8, 4) is 0 Å². The summed E-state index contributed by atoms with van der Waals surface area (Å²) in [7, 11) is 0. The number of aromatic nitrogens is 4. The van der Waals surface area contributed by atoms with Crippen molar-refractivity contribution in [3.05, 3.63) is 66.2 Å². The quantitative estimate of drug-likeness (QED) is 0.505. The Kier molecular flexibility index (Phi) is 5.79. The van der Waals surface area contributed by atoms with E-state index in [0.29, 0.717) is 5.11 Å². The van der Waals surface area contributed by atoms with Crippen LogP contribution in [0.1, 0.15) is 17.7 Å². The van der Waals surface area contributed by atoms with Crippen LogP contribution in [-0.4, -0.2) is 31.2 Å². The standard InChI is InChI=1S/C18H22N6S/c1-15-8-11-23(22-15)10-5-9-19-18(25)21-17-12-20-24(14-17)13-16-6-3-2-4-7-16/h2-4,6-8,11-12,14H,5,9-10,13H2,1H3,(H2,19,21,25). The topological polar surface area (TPSA) is 59.7 Å². The van der Waals surface area contributed by atoms with Gasteiger partial charge in [0, 0.05) is 25.5 Å².